The number of aliphatic hydroxyl groups excluding tert-OH is 3. The summed E-state index contributed by atoms with van der Waals surface area (Å²) in [6.07, 6.45) is -5.34. The molecule has 15 heavy (non-hydrogen) atoms. The lowest BCUT2D eigenvalue weighted by molar-refractivity contribution is -0.135. The normalized spacial score (nSPS) is 35.1. The largest absolute Gasteiger partial charge is 0.394 e. The molecule has 0 unspecified atom stereocenters. The number of carbonyl (C=O) groups excluding carboxylic acids is 2. The number of hydrogen-bond donors (Lipinski definition) is 5. The molecule has 0 saturated carbocycles. The van der Waals surface area contributed by atoms with E-state index in [0.29, 0.717) is 0 Å². The number of rotatable bonds is 2. The minimum absolute atomic E-state index is 0.543. The number of imide groups is 1. The minimum Gasteiger partial charge on any atom is -0.394 e. The van der Waals surface area contributed by atoms with E-state index in [1.165, 1.54) is 0 Å². The topological polar surface area (TPSA) is 142 Å². The van der Waals surface area contributed by atoms with E-state index in [-0.39, 0.29) is 0 Å². The number of nitrogens with one attached hydrogen (secondary N) is 1. The van der Waals surface area contributed by atoms with Gasteiger partial charge in [0.2, 0.25) is 0 Å². The average Bonchev–Trinajstić information content (AvgIpc) is 2.43. The molecule has 0 aromatic carbocycles. The van der Waals surface area contributed by atoms with Gasteiger partial charge in [-0.15, -0.1) is 0 Å². The van der Waals surface area contributed by atoms with E-state index >= 15 is 0 Å². The van der Waals surface area contributed by atoms with Crippen LogP contribution in [0.3, 0.4) is 0 Å². The van der Waals surface area contributed by atoms with Crippen LogP contribution in [-0.4, -0.2) is 58.3 Å². The smallest absolute Gasteiger partial charge is 0.318 e. The molecular formula is C7H12N2O6. The number of amides is 3. The number of primary amides is 1. The molecule has 86 valence electrons. The van der Waals surface area contributed by atoms with Crippen molar-refractivity contribution in [1.29, 1.82) is 0 Å². The monoisotopic (exact) mass is 220 g/mol. The van der Waals surface area contributed by atoms with Gasteiger partial charge in [-0.25, -0.2) is 4.79 Å². The predicted molar refractivity (Wildman–Crippen MR) is 45.5 cm³/mol. The minimum atomic E-state index is -1.50. The van der Waals surface area contributed by atoms with E-state index in [9.17, 15) is 19.8 Å². The standard InChI is InChI=1S/C7H12N2O6/c8-7(14)9-6(13)5-4(12)3(11)2(1-10)15-5/h2-5,10-12H,1H2,(H3,8,9,13,14)/t2-,3-,4-,5+/m1/s1. The third-order valence-electron chi connectivity index (χ3n) is 2.05. The van der Waals surface area contributed by atoms with Crippen LogP contribution < -0.4 is 11.1 Å². The first-order chi connectivity index (χ1) is 6.97. The number of ether oxygens (including phenoxy) is 1. The van der Waals surface area contributed by atoms with Gasteiger partial charge in [-0.1, -0.05) is 0 Å². The van der Waals surface area contributed by atoms with Gasteiger partial charge in [0.05, 0.1) is 6.61 Å². The summed E-state index contributed by atoms with van der Waals surface area (Å²) >= 11 is 0. The van der Waals surface area contributed by atoms with Crippen LogP contribution in [0, 0.1) is 0 Å². The van der Waals surface area contributed by atoms with Crippen molar-refractivity contribution in [3.63, 3.8) is 0 Å². The molecule has 0 radical (unpaired) electrons. The van der Waals surface area contributed by atoms with Crippen LogP contribution in [0.1, 0.15) is 0 Å². The highest BCUT2D eigenvalue weighted by molar-refractivity contribution is 5.96. The fourth-order valence-corrected chi connectivity index (χ4v) is 1.31. The molecule has 3 amide bonds. The molecule has 0 aliphatic carbocycles. The van der Waals surface area contributed by atoms with Gasteiger partial charge in [-0.05, 0) is 0 Å². The summed E-state index contributed by atoms with van der Waals surface area (Å²) < 4.78 is 4.83. The molecular weight excluding hydrogens is 208 g/mol. The SMILES string of the molecule is NC(=O)NC(=O)[C@H]1O[C@H](CO)[C@@H](O)[C@H]1O. The third kappa shape index (κ3) is 2.42. The van der Waals surface area contributed by atoms with Crippen LogP contribution in [0.25, 0.3) is 0 Å². The van der Waals surface area contributed by atoms with Crippen molar-refractivity contribution in [2.75, 3.05) is 6.61 Å². The molecule has 8 nitrogen and oxygen atoms in total. The molecule has 4 atom stereocenters. The lowest BCUT2D eigenvalue weighted by atomic mass is 10.1. The molecule has 0 aromatic rings. The van der Waals surface area contributed by atoms with Crippen molar-refractivity contribution in [3.8, 4) is 0 Å². The summed E-state index contributed by atoms with van der Waals surface area (Å²) in [6.45, 7) is -0.543. The van der Waals surface area contributed by atoms with Crippen molar-refractivity contribution in [2.45, 2.75) is 24.4 Å². The van der Waals surface area contributed by atoms with E-state index in [1.54, 1.807) is 5.32 Å². The number of urea groups is 1. The predicted octanol–water partition coefficient (Wildman–Crippen LogP) is -3.34. The Bertz CT molecular complexity index is 270. The molecule has 1 saturated heterocycles. The fraction of sp³-hybridized carbons (Fsp3) is 0.714. The summed E-state index contributed by atoms with van der Waals surface area (Å²) in [5.74, 6) is -0.954. The third-order valence-corrected chi connectivity index (χ3v) is 2.05. The maximum Gasteiger partial charge on any atom is 0.318 e. The van der Waals surface area contributed by atoms with Gasteiger partial charge in [0.1, 0.15) is 18.3 Å². The van der Waals surface area contributed by atoms with E-state index in [2.05, 4.69) is 5.73 Å². The Hall–Kier alpha value is -1.22. The maximum atomic E-state index is 11.2. The first-order valence-corrected chi connectivity index (χ1v) is 4.20. The highest BCUT2D eigenvalue weighted by Crippen LogP contribution is 2.20. The van der Waals surface area contributed by atoms with Gasteiger partial charge >= 0.3 is 6.03 Å². The van der Waals surface area contributed by atoms with Crippen LogP contribution in [0.4, 0.5) is 4.79 Å². The fourth-order valence-electron chi connectivity index (χ4n) is 1.31. The quantitative estimate of drug-likeness (QED) is 0.329. The second kappa shape index (κ2) is 4.53. The van der Waals surface area contributed by atoms with Gasteiger partial charge in [0, 0.05) is 0 Å². The van der Waals surface area contributed by atoms with E-state index in [4.69, 9.17) is 9.84 Å². The average molecular weight is 220 g/mol. The Kier molecular flexibility index (Phi) is 3.58. The van der Waals surface area contributed by atoms with Gasteiger partial charge < -0.3 is 25.8 Å². The molecule has 1 rings (SSSR count). The maximum absolute atomic E-state index is 11.2. The molecule has 0 aromatic heterocycles. The Balaban J connectivity index is 2.64. The summed E-state index contributed by atoms with van der Waals surface area (Å²) in [5.41, 5.74) is 4.69. The summed E-state index contributed by atoms with van der Waals surface area (Å²) in [5, 5.41) is 29.0. The molecule has 6 N–H and O–H groups in total. The van der Waals surface area contributed by atoms with Crippen LogP contribution in [0.2, 0.25) is 0 Å². The molecule has 0 bridgehead atoms. The molecule has 1 aliphatic rings. The van der Waals surface area contributed by atoms with E-state index < -0.39 is 43.0 Å². The van der Waals surface area contributed by atoms with Crippen LogP contribution >= 0.6 is 0 Å². The number of hydrogen-bond acceptors (Lipinski definition) is 6. The van der Waals surface area contributed by atoms with Crippen LogP contribution in [-0.2, 0) is 9.53 Å². The summed E-state index contributed by atoms with van der Waals surface area (Å²) in [7, 11) is 0. The zero-order chi connectivity index (χ0) is 11.6. The van der Waals surface area contributed by atoms with Gasteiger partial charge in [-0.3, -0.25) is 10.1 Å². The zero-order valence-electron chi connectivity index (χ0n) is 7.66. The Morgan fingerprint density at radius 2 is 1.93 bits per heavy atom. The summed E-state index contributed by atoms with van der Waals surface area (Å²) in [6, 6.07) is -1.09. The van der Waals surface area contributed by atoms with Gasteiger partial charge in [0.25, 0.3) is 5.91 Å². The van der Waals surface area contributed by atoms with Gasteiger partial charge in [0.15, 0.2) is 6.10 Å². The van der Waals surface area contributed by atoms with Crippen LogP contribution in [0.15, 0.2) is 0 Å². The Labute approximate surface area is 84.6 Å². The van der Waals surface area contributed by atoms with Gasteiger partial charge in [-0.2, -0.15) is 0 Å². The molecule has 1 fully saturated rings. The summed E-state index contributed by atoms with van der Waals surface area (Å²) in [4.78, 5) is 21.5. The molecule has 1 aliphatic heterocycles. The van der Waals surface area contributed by atoms with Crippen LogP contribution in [0.5, 0.6) is 0 Å². The Morgan fingerprint density at radius 3 is 2.33 bits per heavy atom. The molecule has 0 spiro atoms. The van der Waals surface area contributed by atoms with E-state index in [1.807, 2.05) is 0 Å². The van der Waals surface area contributed by atoms with Crippen molar-refractivity contribution in [2.24, 2.45) is 5.73 Å². The highest BCUT2D eigenvalue weighted by Gasteiger charge is 2.46. The zero-order valence-corrected chi connectivity index (χ0v) is 7.66. The first-order valence-electron chi connectivity index (χ1n) is 4.20. The second-order valence-electron chi connectivity index (χ2n) is 3.11. The number of nitrogens with two attached hydrogens (primary N) is 1. The number of carbonyl (C=O) groups is 2. The van der Waals surface area contributed by atoms with Crippen molar-refractivity contribution in [3.05, 3.63) is 0 Å². The van der Waals surface area contributed by atoms with Crippen molar-refractivity contribution < 1.29 is 29.6 Å². The lowest BCUT2D eigenvalue weighted by Gasteiger charge is -2.12. The van der Waals surface area contributed by atoms with Crippen molar-refractivity contribution >= 4 is 11.9 Å². The highest BCUT2D eigenvalue weighted by atomic mass is 16.6. The van der Waals surface area contributed by atoms with E-state index in [0.717, 1.165) is 0 Å². The number of aliphatic hydroxyl groups is 3. The molecule has 1 heterocycles. The lowest BCUT2D eigenvalue weighted by Crippen LogP contribution is -2.46. The first kappa shape index (κ1) is 11.9. The Morgan fingerprint density at radius 1 is 1.33 bits per heavy atom. The molecule has 8 heteroatoms. The van der Waals surface area contributed by atoms with Crippen molar-refractivity contribution in [1.82, 2.24) is 5.32 Å². The second-order valence-corrected chi connectivity index (χ2v) is 3.11.